The molecule has 1 saturated carbocycles. The molecule has 2 unspecified atom stereocenters. The van der Waals surface area contributed by atoms with Gasteiger partial charge in [-0.2, -0.15) is 11.8 Å². The van der Waals surface area contributed by atoms with Crippen molar-refractivity contribution in [3.8, 4) is 0 Å². The molecule has 17 heavy (non-hydrogen) atoms. The summed E-state index contributed by atoms with van der Waals surface area (Å²) in [7, 11) is 0. The first kappa shape index (κ1) is 13.7. The maximum absolute atomic E-state index is 10.3. The van der Waals surface area contributed by atoms with Crippen LogP contribution in [0.1, 0.15) is 52.4 Å². The Bertz CT molecular complexity index is 244. The number of hydrogen-bond donors (Lipinski definition) is 1. The topological polar surface area (TPSA) is 23.5 Å². The van der Waals surface area contributed by atoms with Crippen LogP contribution in [0.4, 0.5) is 0 Å². The highest BCUT2D eigenvalue weighted by Crippen LogP contribution is 2.33. The van der Waals surface area contributed by atoms with E-state index >= 15 is 0 Å². The van der Waals surface area contributed by atoms with Gasteiger partial charge in [0, 0.05) is 23.1 Å². The van der Waals surface area contributed by atoms with Crippen LogP contribution < -0.4 is 0 Å². The zero-order valence-electron chi connectivity index (χ0n) is 11.3. The van der Waals surface area contributed by atoms with Crippen LogP contribution in [0, 0.1) is 0 Å². The average Bonchev–Trinajstić information content (AvgIpc) is 2.57. The van der Waals surface area contributed by atoms with Gasteiger partial charge in [-0.3, -0.25) is 4.90 Å². The molecule has 1 aliphatic carbocycles. The highest BCUT2D eigenvalue weighted by molar-refractivity contribution is 8.00. The van der Waals surface area contributed by atoms with Crippen molar-refractivity contribution >= 4 is 11.8 Å². The molecule has 1 saturated heterocycles. The maximum atomic E-state index is 10.3. The summed E-state index contributed by atoms with van der Waals surface area (Å²) in [5.74, 6) is 1.22. The highest BCUT2D eigenvalue weighted by Gasteiger charge is 2.31. The second-order valence-electron chi connectivity index (χ2n) is 6.17. The number of hydrogen-bond acceptors (Lipinski definition) is 3. The molecule has 0 spiro atoms. The SMILES string of the molecule is CC1(C)CCN(C2CCCCCC2O)CCS1. The molecule has 2 aliphatic rings. The average molecular weight is 257 g/mol. The van der Waals surface area contributed by atoms with E-state index in [1.54, 1.807) is 0 Å². The van der Waals surface area contributed by atoms with Crippen molar-refractivity contribution < 1.29 is 5.11 Å². The molecule has 0 aromatic rings. The van der Waals surface area contributed by atoms with Gasteiger partial charge in [-0.15, -0.1) is 0 Å². The van der Waals surface area contributed by atoms with Gasteiger partial charge in [-0.05, 0) is 25.8 Å². The van der Waals surface area contributed by atoms with Crippen molar-refractivity contribution in [2.45, 2.75) is 69.3 Å². The molecule has 100 valence electrons. The first-order valence-corrected chi connectivity index (χ1v) is 8.13. The van der Waals surface area contributed by atoms with E-state index < -0.39 is 0 Å². The van der Waals surface area contributed by atoms with Crippen LogP contribution in [0.3, 0.4) is 0 Å². The largest absolute Gasteiger partial charge is 0.391 e. The monoisotopic (exact) mass is 257 g/mol. The van der Waals surface area contributed by atoms with Crippen LogP contribution in [-0.4, -0.2) is 45.7 Å². The molecule has 0 amide bonds. The van der Waals surface area contributed by atoms with Gasteiger partial charge in [0.1, 0.15) is 0 Å². The molecular weight excluding hydrogens is 230 g/mol. The lowest BCUT2D eigenvalue weighted by Crippen LogP contribution is -2.44. The predicted molar refractivity (Wildman–Crippen MR) is 75.6 cm³/mol. The summed E-state index contributed by atoms with van der Waals surface area (Å²) in [5, 5.41) is 10.3. The van der Waals surface area contributed by atoms with Crippen molar-refractivity contribution in [1.82, 2.24) is 4.90 Å². The fraction of sp³-hybridized carbons (Fsp3) is 1.00. The molecule has 0 aromatic heterocycles. The van der Waals surface area contributed by atoms with Gasteiger partial charge in [-0.25, -0.2) is 0 Å². The quantitative estimate of drug-likeness (QED) is 0.731. The van der Waals surface area contributed by atoms with Crippen molar-refractivity contribution in [2.24, 2.45) is 0 Å². The summed E-state index contributed by atoms with van der Waals surface area (Å²) in [5.41, 5.74) is 0. The molecule has 1 aliphatic heterocycles. The minimum absolute atomic E-state index is 0.0799. The lowest BCUT2D eigenvalue weighted by Gasteiger charge is -2.33. The van der Waals surface area contributed by atoms with Crippen molar-refractivity contribution in [3.05, 3.63) is 0 Å². The van der Waals surface area contributed by atoms with E-state index in [0.29, 0.717) is 10.8 Å². The van der Waals surface area contributed by atoms with Gasteiger partial charge < -0.3 is 5.11 Å². The summed E-state index contributed by atoms with van der Waals surface area (Å²) >= 11 is 2.09. The minimum Gasteiger partial charge on any atom is -0.391 e. The lowest BCUT2D eigenvalue weighted by atomic mass is 10.0. The van der Waals surface area contributed by atoms with E-state index in [-0.39, 0.29) is 6.10 Å². The van der Waals surface area contributed by atoms with Crippen LogP contribution in [-0.2, 0) is 0 Å². The van der Waals surface area contributed by atoms with Gasteiger partial charge in [0.05, 0.1) is 6.10 Å². The van der Waals surface area contributed by atoms with Crippen LogP contribution in [0.5, 0.6) is 0 Å². The zero-order chi connectivity index (χ0) is 12.3. The fourth-order valence-corrected chi connectivity index (χ4v) is 4.18. The molecule has 1 heterocycles. The minimum atomic E-state index is -0.0799. The molecule has 3 heteroatoms. The number of aliphatic hydroxyl groups excluding tert-OH is 1. The molecule has 2 fully saturated rings. The molecule has 2 nitrogen and oxygen atoms in total. The second-order valence-corrected chi connectivity index (χ2v) is 7.97. The normalized spacial score (nSPS) is 36.2. The van der Waals surface area contributed by atoms with Gasteiger partial charge in [0.25, 0.3) is 0 Å². The zero-order valence-corrected chi connectivity index (χ0v) is 12.1. The number of thioether (sulfide) groups is 1. The maximum Gasteiger partial charge on any atom is 0.0695 e. The Morgan fingerprint density at radius 2 is 1.88 bits per heavy atom. The Balaban J connectivity index is 1.95. The summed E-state index contributed by atoms with van der Waals surface area (Å²) < 4.78 is 0.421. The fourth-order valence-electron chi connectivity index (χ4n) is 3.06. The Kier molecular flexibility index (Phi) is 4.79. The Labute approximate surface area is 110 Å². The number of nitrogens with zero attached hydrogens (tertiary/aromatic N) is 1. The standard InChI is InChI=1S/C14H27NOS/c1-14(2)8-9-15(10-11-17-14)12-6-4-3-5-7-13(12)16/h12-13,16H,3-11H2,1-2H3. The first-order valence-electron chi connectivity index (χ1n) is 7.15. The van der Waals surface area contributed by atoms with Crippen molar-refractivity contribution in [1.29, 1.82) is 0 Å². The van der Waals surface area contributed by atoms with Crippen LogP contribution >= 0.6 is 11.8 Å². The predicted octanol–water partition coefficient (Wildman–Crippen LogP) is 2.90. The molecular formula is C14H27NOS. The molecule has 0 bridgehead atoms. The van der Waals surface area contributed by atoms with E-state index in [4.69, 9.17) is 0 Å². The highest BCUT2D eigenvalue weighted by atomic mass is 32.2. The van der Waals surface area contributed by atoms with E-state index in [0.717, 1.165) is 13.0 Å². The molecule has 2 atom stereocenters. The van der Waals surface area contributed by atoms with E-state index in [1.807, 2.05) is 0 Å². The van der Waals surface area contributed by atoms with Crippen LogP contribution in [0.2, 0.25) is 0 Å². The lowest BCUT2D eigenvalue weighted by molar-refractivity contribution is 0.0468. The van der Waals surface area contributed by atoms with E-state index in [9.17, 15) is 5.11 Å². The van der Waals surface area contributed by atoms with E-state index in [1.165, 1.54) is 44.4 Å². The Morgan fingerprint density at radius 1 is 1.12 bits per heavy atom. The molecule has 2 rings (SSSR count). The van der Waals surface area contributed by atoms with Gasteiger partial charge in [0.2, 0.25) is 0 Å². The van der Waals surface area contributed by atoms with Gasteiger partial charge >= 0.3 is 0 Å². The summed E-state index contributed by atoms with van der Waals surface area (Å²) in [4.78, 5) is 2.57. The van der Waals surface area contributed by atoms with Crippen LogP contribution in [0.15, 0.2) is 0 Å². The third-order valence-electron chi connectivity index (χ3n) is 4.29. The number of rotatable bonds is 1. The molecule has 1 N–H and O–H groups in total. The van der Waals surface area contributed by atoms with Gasteiger partial charge in [-0.1, -0.05) is 33.1 Å². The van der Waals surface area contributed by atoms with Crippen molar-refractivity contribution in [3.63, 3.8) is 0 Å². The third kappa shape index (κ3) is 3.87. The second kappa shape index (κ2) is 5.94. The van der Waals surface area contributed by atoms with E-state index in [2.05, 4.69) is 30.5 Å². The smallest absolute Gasteiger partial charge is 0.0695 e. The summed E-state index contributed by atoms with van der Waals surface area (Å²) in [6.07, 6.45) is 7.20. The Morgan fingerprint density at radius 3 is 2.71 bits per heavy atom. The third-order valence-corrected chi connectivity index (χ3v) is 5.66. The molecule has 0 aromatic carbocycles. The van der Waals surface area contributed by atoms with Crippen molar-refractivity contribution in [2.75, 3.05) is 18.8 Å². The first-order chi connectivity index (χ1) is 8.08. The Hall–Kier alpha value is 0.270. The van der Waals surface area contributed by atoms with Gasteiger partial charge in [0.15, 0.2) is 0 Å². The summed E-state index contributed by atoms with van der Waals surface area (Å²) in [6, 6.07) is 0.437. The van der Waals surface area contributed by atoms with Crippen LogP contribution in [0.25, 0.3) is 0 Å². The summed E-state index contributed by atoms with van der Waals surface area (Å²) in [6.45, 7) is 7.03. The molecule has 0 radical (unpaired) electrons. The number of aliphatic hydroxyl groups is 1.